The van der Waals surface area contributed by atoms with Gasteiger partial charge in [0.25, 0.3) is 0 Å². The lowest BCUT2D eigenvalue weighted by molar-refractivity contribution is 0.242. The van der Waals surface area contributed by atoms with Gasteiger partial charge in [-0.3, -0.25) is 4.90 Å². The molecule has 0 unspecified atom stereocenters. The van der Waals surface area contributed by atoms with Gasteiger partial charge in [-0.05, 0) is 34.0 Å². The predicted molar refractivity (Wildman–Crippen MR) is 85.8 cm³/mol. The molecule has 1 aliphatic rings. The molecule has 3 heterocycles. The molecule has 5 heteroatoms. The van der Waals surface area contributed by atoms with Crippen LogP contribution in [0.4, 0.5) is 0 Å². The first kappa shape index (κ1) is 14.6. The average molecular weight is 347 g/mol. The molecule has 0 N–H and O–H groups in total. The molecule has 4 nitrogen and oxygen atoms in total. The van der Waals surface area contributed by atoms with Crippen LogP contribution in [-0.2, 0) is 25.9 Å². The zero-order valence-electron chi connectivity index (χ0n) is 12.2. The van der Waals surface area contributed by atoms with Crippen molar-refractivity contribution in [2.24, 2.45) is 0 Å². The van der Waals surface area contributed by atoms with Crippen molar-refractivity contribution in [1.29, 1.82) is 0 Å². The Kier molecular flexibility index (Phi) is 4.60. The molecule has 0 saturated heterocycles. The molecule has 0 amide bonds. The highest BCUT2D eigenvalue weighted by molar-refractivity contribution is 9.10. The van der Waals surface area contributed by atoms with Crippen LogP contribution in [0.3, 0.4) is 0 Å². The highest BCUT2D eigenvalue weighted by atomic mass is 79.9. The summed E-state index contributed by atoms with van der Waals surface area (Å²) >= 11 is 3.37. The third-order valence-corrected chi connectivity index (χ3v) is 4.20. The number of aromatic nitrogens is 3. The first-order valence-corrected chi connectivity index (χ1v) is 8.20. The van der Waals surface area contributed by atoms with Crippen molar-refractivity contribution in [3.63, 3.8) is 0 Å². The minimum Gasteiger partial charge on any atom is -0.294 e. The van der Waals surface area contributed by atoms with Gasteiger partial charge in [-0.2, -0.15) is 0 Å². The number of pyridine rings is 1. The lowest BCUT2D eigenvalue weighted by Gasteiger charge is -2.28. The number of fused-ring (bicyclic) bond motifs is 1. The van der Waals surface area contributed by atoms with Crippen molar-refractivity contribution >= 4 is 15.9 Å². The maximum Gasteiger partial charge on any atom is 0.128 e. The van der Waals surface area contributed by atoms with Crippen molar-refractivity contribution in [3.05, 3.63) is 51.8 Å². The van der Waals surface area contributed by atoms with Crippen LogP contribution in [0, 0.1) is 0 Å². The van der Waals surface area contributed by atoms with E-state index in [0.717, 1.165) is 49.3 Å². The van der Waals surface area contributed by atoms with E-state index in [4.69, 9.17) is 4.98 Å². The molecule has 0 aromatic carbocycles. The summed E-state index contributed by atoms with van der Waals surface area (Å²) in [6, 6.07) is 4.11. The fourth-order valence-corrected chi connectivity index (χ4v) is 2.89. The number of hydrogen-bond donors (Lipinski definition) is 0. The summed E-state index contributed by atoms with van der Waals surface area (Å²) in [7, 11) is 0. The third-order valence-electron chi connectivity index (χ3n) is 3.73. The van der Waals surface area contributed by atoms with Crippen LogP contribution in [0.2, 0.25) is 0 Å². The Bertz CT molecular complexity index is 612. The monoisotopic (exact) mass is 346 g/mol. The maximum atomic E-state index is 4.70. The lowest BCUT2D eigenvalue weighted by Crippen LogP contribution is -2.31. The standard InChI is InChI=1S/C16H19BrN4/c1-2-3-16-19-9-13-11-21(7-6-14(13)20-16)10-12-4-5-15(17)18-8-12/h4-5,8-9H,2-3,6-7,10-11H2,1H3. The zero-order valence-corrected chi connectivity index (χ0v) is 13.8. The van der Waals surface area contributed by atoms with E-state index in [1.165, 1.54) is 16.8 Å². The summed E-state index contributed by atoms with van der Waals surface area (Å²) in [6.07, 6.45) is 7.03. The Hall–Kier alpha value is -1.33. The first-order valence-electron chi connectivity index (χ1n) is 7.41. The number of rotatable bonds is 4. The molecule has 1 aliphatic heterocycles. The lowest BCUT2D eigenvalue weighted by atomic mass is 10.1. The quantitative estimate of drug-likeness (QED) is 0.797. The molecule has 110 valence electrons. The van der Waals surface area contributed by atoms with Gasteiger partial charge in [0.05, 0.1) is 0 Å². The Morgan fingerprint density at radius 1 is 1.24 bits per heavy atom. The minimum atomic E-state index is 0.882. The Balaban J connectivity index is 1.68. The smallest absolute Gasteiger partial charge is 0.128 e. The molecule has 0 aliphatic carbocycles. The topological polar surface area (TPSA) is 41.9 Å². The van der Waals surface area contributed by atoms with E-state index in [2.05, 4.69) is 43.8 Å². The van der Waals surface area contributed by atoms with Crippen LogP contribution in [-0.4, -0.2) is 26.4 Å². The molecule has 2 aromatic heterocycles. The van der Waals surface area contributed by atoms with E-state index >= 15 is 0 Å². The zero-order chi connectivity index (χ0) is 14.7. The molecule has 3 rings (SSSR count). The summed E-state index contributed by atoms with van der Waals surface area (Å²) < 4.78 is 0.882. The molecule has 0 fully saturated rings. The fraction of sp³-hybridized carbons (Fsp3) is 0.438. The Morgan fingerprint density at radius 2 is 2.14 bits per heavy atom. The highest BCUT2D eigenvalue weighted by Gasteiger charge is 2.18. The molecule has 0 bridgehead atoms. The van der Waals surface area contributed by atoms with Gasteiger partial charge in [-0.25, -0.2) is 15.0 Å². The van der Waals surface area contributed by atoms with Gasteiger partial charge in [-0.15, -0.1) is 0 Å². The summed E-state index contributed by atoms with van der Waals surface area (Å²) in [5, 5.41) is 0. The van der Waals surface area contributed by atoms with Crippen molar-refractivity contribution in [2.75, 3.05) is 6.54 Å². The second-order valence-electron chi connectivity index (χ2n) is 5.46. The molecule has 2 aromatic rings. The number of halogens is 1. The molecule has 0 radical (unpaired) electrons. The van der Waals surface area contributed by atoms with Crippen molar-refractivity contribution in [1.82, 2.24) is 19.9 Å². The van der Waals surface area contributed by atoms with Gasteiger partial charge in [0, 0.05) is 56.1 Å². The average Bonchev–Trinajstić information content (AvgIpc) is 2.50. The summed E-state index contributed by atoms with van der Waals surface area (Å²) in [5.74, 6) is 0.988. The van der Waals surface area contributed by atoms with E-state index in [1.54, 1.807) is 0 Å². The number of aryl methyl sites for hydroxylation is 1. The molecule has 0 spiro atoms. The van der Waals surface area contributed by atoms with Crippen LogP contribution in [0.1, 0.15) is 36.0 Å². The van der Waals surface area contributed by atoms with E-state index < -0.39 is 0 Å². The Morgan fingerprint density at radius 3 is 2.90 bits per heavy atom. The van der Waals surface area contributed by atoms with Crippen molar-refractivity contribution in [2.45, 2.75) is 39.3 Å². The second-order valence-corrected chi connectivity index (χ2v) is 6.27. The Labute approximate surface area is 133 Å². The van der Waals surface area contributed by atoms with Gasteiger partial charge in [0.2, 0.25) is 0 Å². The molecule has 0 saturated carbocycles. The van der Waals surface area contributed by atoms with Gasteiger partial charge < -0.3 is 0 Å². The van der Waals surface area contributed by atoms with Crippen LogP contribution in [0.5, 0.6) is 0 Å². The van der Waals surface area contributed by atoms with Gasteiger partial charge in [-0.1, -0.05) is 13.0 Å². The molecule has 21 heavy (non-hydrogen) atoms. The SMILES string of the molecule is CCCc1ncc2c(n1)CCN(Cc1ccc(Br)nc1)C2. The largest absolute Gasteiger partial charge is 0.294 e. The first-order chi connectivity index (χ1) is 10.2. The van der Waals surface area contributed by atoms with Crippen LogP contribution in [0.25, 0.3) is 0 Å². The second kappa shape index (κ2) is 6.62. The summed E-state index contributed by atoms with van der Waals surface area (Å²) in [4.78, 5) is 15.9. The predicted octanol–water partition coefficient (Wildman–Crippen LogP) is 3.14. The maximum absolute atomic E-state index is 4.70. The summed E-state index contributed by atoms with van der Waals surface area (Å²) in [6.45, 7) is 5.07. The third kappa shape index (κ3) is 3.66. The summed E-state index contributed by atoms with van der Waals surface area (Å²) in [5.41, 5.74) is 3.75. The number of nitrogens with zero attached hydrogens (tertiary/aromatic N) is 4. The van der Waals surface area contributed by atoms with Crippen molar-refractivity contribution in [3.8, 4) is 0 Å². The highest BCUT2D eigenvalue weighted by Crippen LogP contribution is 2.19. The van der Waals surface area contributed by atoms with Crippen LogP contribution < -0.4 is 0 Å². The van der Waals surface area contributed by atoms with Crippen LogP contribution >= 0.6 is 15.9 Å². The van der Waals surface area contributed by atoms with Crippen LogP contribution in [0.15, 0.2) is 29.1 Å². The van der Waals surface area contributed by atoms with Gasteiger partial charge in [0.1, 0.15) is 10.4 Å². The normalized spacial score (nSPS) is 15.0. The van der Waals surface area contributed by atoms with Gasteiger partial charge >= 0.3 is 0 Å². The van der Waals surface area contributed by atoms with Gasteiger partial charge in [0.15, 0.2) is 0 Å². The molecular weight excluding hydrogens is 328 g/mol. The van der Waals surface area contributed by atoms with Crippen molar-refractivity contribution < 1.29 is 0 Å². The van der Waals surface area contributed by atoms with E-state index in [9.17, 15) is 0 Å². The fourth-order valence-electron chi connectivity index (χ4n) is 2.65. The van der Waals surface area contributed by atoms with E-state index in [1.807, 2.05) is 18.5 Å². The molecular formula is C16H19BrN4. The van der Waals surface area contributed by atoms with E-state index in [0.29, 0.717) is 0 Å². The molecule has 0 atom stereocenters. The van der Waals surface area contributed by atoms with E-state index in [-0.39, 0.29) is 0 Å². The minimum absolute atomic E-state index is 0.882. The number of hydrogen-bond acceptors (Lipinski definition) is 4.